The normalized spacial score (nSPS) is 13.2. The Morgan fingerprint density at radius 1 is 0.769 bits per heavy atom. The van der Waals surface area contributed by atoms with E-state index in [-0.39, 0.29) is 5.78 Å². The van der Waals surface area contributed by atoms with Gasteiger partial charge in [-0.25, -0.2) is 0 Å². The van der Waals surface area contributed by atoms with Crippen molar-refractivity contribution < 1.29 is 4.79 Å². The fraction of sp³-hybridized carbons (Fsp3) is 0.0870. The molecular formula is C23H22BrOP. The third kappa shape index (κ3) is 3.20. The van der Waals surface area contributed by atoms with E-state index < -0.39 is 5.31 Å². The molecule has 0 aliphatic carbocycles. The van der Waals surface area contributed by atoms with E-state index in [0.717, 1.165) is 0 Å². The van der Waals surface area contributed by atoms with Gasteiger partial charge in [-0.1, -0.05) is 0 Å². The first-order valence-electron chi connectivity index (χ1n) is 8.72. The summed E-state index contributed by atoms with van der Waals surface area (Å²) in [7, 11) is 0. The molecule has 3 aromatic rings. The predicted octanol–water partition coefficient (Wildman–Crippen LogP) is 5.32. The summed E-state index contributed by atoms with van der Waals surface area (Å²) in [6.45, 7) is 1.89. The van der Waals surface area contributed by atoms with Gasteiger partial charge < -0.3 is 0 Å². The van der Waals surface area contributed by atoms with Crippen molar-refractivity contribution in [3.63, 3.8) is 0 Å². The third-order valence-corrected chi connectivity index (χ3v) is 13.7. The van der Waals surface area contributed by atoms with Crippen molar-refractivity contribution >= 4 is 42.5 Å². The van der Waals surface area contributed by atoms with E-state index in [0.29, 0.717) is 6.42 Å². The summed E-state index contributed by atoms with van der Waals surface area (Å²) in [4.78, 5) is 12.2. The zero-order chi connectivity index (χ0) is 18.5. The molecule has 0 spiro atoms. The molecule has 1 nitrogen and oxygen atoms in total. The maximum absolute atomic E-state index is 12.2. The van der Waals surface area contributed by atoms with Crippen LogP contribution in [0.15, 0.2) is 103 Å². The van der Waals surface area contributed by atoms with Gasteiger partial charge in [0.25, 0.3) is 0 Å². The Morgan fingerprint density at radius 3 is 1.42 bits per heavy atom. The molecule has 0 fully saturated rings. The molecule has 0 N–H and O–H groups in total. The molecule has 0 aromatic heterocycles. The third-order valence-electron chi connectivity index (χ3n) is 4.67. The van der Waals surface area contributed by atoms with E-state index in [2.05, 4.69) is 94.1 Å². The van der Waals surface area contributed by atoms with Gasteiger partial charge in [0.2, 0.25) is 0 Å². The molecule has 26 heavy (non-hydrogen) atoms. The average molecular weight is 425 g/mol. The number of halogens is 1. The minimum atomic E-state index is -3.10. The monoisotopic (exact) mass is 424 g/mol. The van der Waals surface area contributed by atoms with Crippen molar-refractivity contribution in [3.8, 4) is 0 Å². The van der Waals surface area contributed by atoms with Crippen LogP contribution in [0, 0.1) is 0 Å². The second-order valence-electron chi connectivity index (χ2n) is 6.22. The summed E-state index contributed by atoms with van der Waals surface area (Å²) in [5.41, 5.74) is 0. The Morgan fingerprint density at radius 2 is 1.12 bits per heavy atom. The van der Waals surface area contributed by atoms with Gasteiger partial charge in [0.1, 0.15) is 0 Å². The van der Waals surface area contributed by atoms with Crippen molar-refractivity contribution in [2.75, 3.05) is 0 Å². The number of ketones is 1. The summed E-state index contributed by atoms with van der Waals surface area (Å²) in [6, 6.07) is 31.3. The van der Waals surface area contributed by atoms with E-state index in [9.17, 15) is 4.79 Å². The summed E-state index contributed by atoms with van der Waals surface area (Å²) < 4.78 is 0. The SMILES string of the molecule is CCC(=O)C=CP(Br)(c1ccccc1)(c1ccccc1)c1ccccc1. The molecule has 3 heteroatoms. The van der Waals surface area contributed by atoms with Crippen LogP contribution < -0.4 is 15.9 Å². The molecule has 132 valence electrons. The quantitative estimate of drug-likeness (QED) is 0.386. The molecule has 0 unspecified atom stereocenters. The molecule has 0 atom stereocenters. The number of allylic oxidation sites excluding steroid dienone is 1. The zero-order valence-electron chi connectivity index (χ0n) is 14.8. The zero-order valence-corrected chi connectivity index (χ0v) is 17.2. The number of benzene rings is 3. The number of hydrogen-bond donors (Lipinski definition) is 0. The Bertz CT molecular complexity index is 805. The van der Waals surface area contributed by atoms with E-state index in [4.69, 9.17) is 0 Å². The molecular weight excluding hydrogens is 403 g/mol. The van der Waals surface area contributed by atoms with Crippen LogP contribution in [0.1, 0.15) is 13.3 Å². The summed E-state index contributed by atoms with van der Waals surface area (Å²) in [5.74, 6) is 2.25. The van der Waals surface area contributed by atoms with Crippen LogP contribution >= 0.6 is 20.8 Å². The molecule has 0 bridgehead atoms. The van der Waals surface area contributed by atoms with Crippen LogP contribution in [0.2, 0.25) is 0 Å². The van der Waals surface area contributed by atoms with E-state index >= 15 is 0 Å². The first kappa shape index (κ1) is 18.8. The van der Waals surface area contributed by atoms with Crippen molar-refractivity contribution in [1.82, 2.24) is 0 Å². The second-order valence-corrected chi connectivity index (χ2v) is 14.6. The fourth-order valence-corrected chi connectivity index (χ4v) is 9.81. The standard InChI is InChI=1S/C23H22BrOP/c1-2-20(25)18-19-26(24,21-12-6-3-7-13-21,22-14-8-4-9-15-22)23-16-10-5-11-17-23/h3-19H,2H2,1H3. The number of carbonyl (C=O) groups excluding carboxylic acids is 1. The first-order chi connectivity index (χ1) is 12.6. The molecule has 3 aromatic carbocycles. The number of hydrogen-bond acceptors (Lipinski definition) is 1. The Hall–Kier alpha value is -2.02. The fourth-order valence-electron chi connectivity index (χ4n) is 3.20. The Balaban J connectivity index is 2.43. The molecule has 0 amide bonds. The summed E-state index contributed by atoms with van der Waals surface area (Å²) in [5, 5.41) is 0.428. The minimum absolute atomic E-state index is 0.126. The van der Waals surface area contributed by atoms with Crippen LogP contribution in [0.25, 0.3) is 0 Å². The van der Waals surface area contributed by atoms with Crippen molar-refractivity contribution in [1.29, 1.82) is 0 Å². The van der Waals surface area contributed by atoms with Gasteiger partial charge in [0, 0.05) is 0 Å². The predicted molar refractivity (Wildman–Crippen MR) is 119 cm³/mol. The Kier molecular flexibility index (Phi) is 5.55. The van der Waals surface area contributed by atoms with E-state index in [1.54, 1.807) is 6.08 Å². The number of rotatable bonds is 6. The van der Waals surface area contributed by atoms with E-state index in [1.807, 2.05) is 25.1 Å². The Labute approximate surface area is 163 Å². The van der Waals surface area contributed by atoms with Gasteiger partial charge >= 0.3 is 164 Å². The van der Waals surface area contributed by atoms with Gasteiger partial charge in [-0.3, -0.25) is 0 Å². The van der Waals surface area contributed by atoms with Crippen molar-refractivity contribution in [2.45, 2.75) is 13.3 Å². The summed E-state index contributed by atoms with van der Waals surface area (Å²) >= 11 is 4.27. The van der Waals surface area contributed by atoms with Crippen LogP contribution in [-0.4, -0.2) is 5.78 Å². The summed E-state index contributed by atoms with van der Waals surface area (Å²) in [6.07, 6.45) is 2.24. The molecule has 0 heterocycles. The maximum atomic E-state index is 12.2. The second kappa shape index (κ2) is 7.70. The van der Waals surface area contributed by atoms with Crippen LogP contribution in [-0.2, 0) is 4.79 Å². The molecule has 0 aliphatic rings. The van der Waals surface area contributed by atoms with Crippen LogP contribution in [0.5, 0.6) is 0 Å². The first-order valence-corrected chi connectivity index (χ1v) is 13.0. The average Bonchev–Trinajstić information content (AvgIpc) is 2.74. The molecule has 0 radical (unpaired) electrons. The van der Waals surface area contributed by atoms with Gasteiger partial charge in [-0.05, 0) is 0 Å². The van der Waals surface area contributed by atoms with E-state index in [1.165, 1.54) is 15.9 Å². The van der Waals surface area contributed by atoms with Crippen molar-refractivity contribution in [3.05, 3.63) is 103 Å². The van der Waals surface area contributed by atoms with Crippen molar-refractivity contribution in [2.24, 2.45) is 0 Å². The molecule has 0 saturated carbocycles. The molecule has 3 rings (SSSR count). The topological polar surface area (TPSA) is 17.1 Å². The van der Waals surface area contributed by atoms with Gasteiger partial charge in [-0.15, -0.1) is 0 Å². The number of carbonyl (C=O) groups is 1. The van der Waals surface area contributed by atoms with Gasteiger partial charge in [-0.2, -0.15) is 0 Å². The van der Waals surface area contributed by atoms with Gasteiger partial charge in [0.05, 0.1) is 0 Å². The molecule has 0 saturated heterocycles. The van der Waals surface area contributed by atoms with Gasteiger partial charge in [0.15, 0.2) is 0 Å². The molecule has 0 aliphatic heterocycles. The van der Waals surface area contributed by atoms with Crippen LogP contribution in [0.3, 0.4) is 0 Å². The van der Waals surface area contributed by atoms with Crippen LogP contribution in [0.4, 0.5) is 0 Å².